The van der Waals surface area contributed by atoms with E-state index in [2.05, 4.69) is 55.5 Å². The number of nitrogens with two attached hydrogens (primary N) is 1. The molecular formula is C23H26N4O2. The van der Waals surface area contributed by atoms with Gasteiger partial charge in [0.2, 0.25) is 5.91 Å². The van der Waals surface area contributed by atoms with E-state index in [1.807, 2.05) is 12.1 Å². The summed E-state index contributed by atoms with van der Waals surface area (Å²) in [6.45, 7) is 6.55. The van der Waals surface area contributed by atoms with Gasteiger partial charge in [-0.25, -0.2) is 4.68 Å². The van der Waals surface area contributed by atoms with Crippen molar-refractivity contribution in [3.8, 4) is 5.69 Å². The highest BCUT2D eigenvalue weighted by Crippen LogP contribution is 2.22. The van der Waals surface area contributed by atoms with Crippen molar-refractivity contribution in [2.45, 2.75) is 39.0 Å². The van der Waals surface area contributed by atoms with Crippen molar-refractivity contribution < 1.29 is 9.59 Å². The number of benzene rings is 2. The predicted octanol–water partition coefficient (Wildman–Crippen LogP) is 3.84. The summed E-state index contributed by atoms with van der Waals surface area (Å²) >= 11 is 0. The van der Waals surface area contributed by atoms with Crippen molar-refractivity contribution in [3.05, 3.63) is 77.6 Å². The molecule has 0 atom stereocenters. The van der Waals surface area contributed by atoms with Gasteiger partial charge in [-0.15, -0.1) is 0 Å². The third-order valence-electron chi connectivity index (χ3n) is 4.72. The second kappa shape index (κ2) is 8.31. The molecule has 6 heteroatoms. The van der Waals surface area contributed by atoms with Gasteiger partial charge in [-0.2, -0.15) is 5.10 Å². The topological polar surface area (TPSA) is 90.0 Å². The van der Waals surface area contributed by atoms with Crippen LogP contribution in [-0.4, -0.2) is 21.6 Å². The number of anilines is 1. The minimum Gasteiger partial charge on any atom is -0.364 e. The number of rotatable bonds is 6. The number of primary amides is 1. The van der Waals surface area contributed by atoms with Crippen molar-refractivity contribution in [3.63, 3.8) is 0 Å². The van der Waals surface area contributed by atoms with E-state index >= 15 is 0 Å². The quantitative estimate of drug-likeness (QED) is 0.670. The number of aromatic nitrogens is 2. The summed E-state index contributed by atoms with van der Waals surface area (Å²) in [4.78, 5) is 23.4. The third-order valence-corrected chi connectivity index (χ3v) is 4.72. The molecule has 0 saturated carbocycles. The van der Waals surface area contributed by atoms with Crippen LogP contribution in [0.4, 0.5) is 5.69 Å². The smallest absolute Gasteiger partial charge is 0.269 e. The number of hydrogen-bond donors (Lipinski definition) is 2. The maximum Gasteiger partial charge on any atom is 0.269 e. The number of carbonyl (C=O) groups is 2. The van der Waals surface area contributed by atoms with Crippen molar-refractivity contribution in [1.82, 2.24) is 9.78 Å². The average molecular weight is 390 g/mol. The van der Waals surface area contributed by atoms with E-state index in [1.54, 1.807) is 29.1 Å². The summed E-state index contributed by atoms with van der Waals surface area (Å²) in [5, 5.41) is 7.02. The number of nitrogens with one attached hydrogen (secondary N) is 1. The molecule has 1 heterocycles. The van der Waals surface area contributed by atoms with Crippen LogP contribution < -0.4 is 11.1 Å². The molecule has 0 aliphatic heterocycles. The standard InChI is InChI=1S/C23H26N4O2/c1-23(2,3)17-7-4-16(5-8-17)6-13-21(28)25-18-9-11-19(12-10-18)27-15-14-20(26-27)22(24)29/h4-5,7-12,14-15H,6,13H2,1-3H3,(H2,24,29)(H,25,28). The highest BCUT2D eigenvalue weighted by Gasteiger charge is 2.13. The minimum atomic E-state index is -0.569. The van der Waals surface area contributed by atoms with Gasteiger partial charge < -0.3 is 11.1 Å². The van der Waals surface area contributed by atoms with Gasteiger partial charge in [0.05, 0.1) is 5.69 Å². The van der Waals surface area contributed by atoms with Gasteiger partial charge in [-0.3, -0.25) is 9.59 Å². The molecule has 6 nitrogen and oxygen atoms in total. The Bertz CT molecular complexity index is 997. The van der Waals surface area contributed by atoms with E-state index < -0.39 is 5.91 Å². The first-order chi connectivity index (χ1) is 13.7. The van der Waals surface area contributed by atoms with Gasteiger partial charge in [0.15, 0.2) is 0 Å². The summed E-state index contributed by atoms with van der Waals surface area (Å²) in [6.07, 6.45) is 2.77. The van der Waals surface area contributed by atoms with Crippen LogP contribution >= 0.6 is 0 Å². The monoisotopic (exact) mass is 390 g/mol. The number of aryl methyl sites for hydroxylation is 1. The van der Waals surface area contributed by atoms with Crippen molar-refractivity contribution in [2.24, 2.45) is 5.73 Å². The molecule has 3 aromatic rings. The molecule has 0 spiro atoms. The molecule has 2 amide bonds. The van der Waals surface area contributed by atoms with Gasteiger partial charge in [-0.05, 0) is 53.3 Å². The largest absolute Gasteiger partial charge is 0.364 e. The molecule has 1 aromatic heterocycles. The van der Waals surface area contributed by atoms with Crippen molar-refractivity contribution in [1.29, 1.82) is 0 Å². The number of amides is 2. The average Bonchev–Trinajstić information content (AvgIpc) is 3.17. The number of hydrogen-bond acceptors (Lipinski definition) is 3. The molecule has 0 bridgehead atoms. The maximum atomic E-state index is 12.3. The molecule has 3 rings (SSSR count). The zero-order valence-electron chi connectivity index (χ0n) is 17.0. The molecule has 0 radical (unpaired) electrons. The van der Waals surface area contributed by atoms with Gasteiger partial charge >= 0.3 is 0 Å². The van der Waals surface area contributed by atoms with Crippen LogP contribution in [0.1, 0.15) is 48.8 Å². The summed E-state index contributed by atoms with van der Waals surface area (Å²) < 4.78 is 1.56. The van der Waals surface area contributed by atoms with Gasteiger partial charge in [0.1, 0.15) is 5.69 Å². The number of nitrogens with zero attached hydrogens (tertiary/aromatic N) is 2. The van der Waals surface area contributed by atoms with Gasteiger partial charge in [0, 0.05) is 18.3 Å². The predicted molar refractivity (Wildman–Crippen MR) is 114 cm³/mol. The Morgan fingerprint density at radius 1 is 1.00 bits per heavy atom. The molecule has 0 unspecified atom stereocenters. The molecule has 0 saturated heterocycles. The van der Waals surface area contributed by atoms with Gasteiger partial charge in [0.25, 0.3) is 5.91 Å². The Morgan fingerprint density at radius 3 is 2.21 bits per heavy atom. The SMILES string of the molecule is CC(C)(C)c1ccc(CCC(=O)Nc2ccc(-n3ccc(C(N)=O)n3)cc2)cc1. The normalized spacial score (nSPS) is 11.3. The lowest BCUT2D eigenvalue weighted by atomic mass is 9.86. The van der Waals surface area contributed by atoms with Crippen LogP contribution in [0, 0.1) is 0 Å². The van der Waals surface area contributed by atoms with Crippen molar-refractivity contribution >= 4 is 17.5 Å². The Balaban J connectivity index is 1.54. The van der Waals surface area contributed by atoms with Crippen molar-refractivity contribution in [2.75, 3.05) is 5.32 Å². The fourth-order valence-corrected chi connectivity index (χ4v) is 2.95. The highest BCUT2D eigenvalue weighted by atomic mass is 16.2. The van der Waals surface area contributed by atoms with E-state index in [1.165, 1.54) is 5.56 Å². The first-order valence-electron chi connectivity index (χ1n) is 9.57. The lowest BCUT2D eigenvalue weighted by Crippen LogP contribution is -2.13. The zero-order chi connectivity index (χ0) is 21.0. The summed E-state index contributed by atoms with van der Waals surface area (Å²) in [5.41, 5.74) is 9.46. The molecule has 0 aliphatic rings. The van der Waals surface area contributed by atoms with E-state index in [-0.39, 0.29) is 17.0 Å². The second-order valence-corrected chi connectivity index (χ2v) is 8.05. The molecule has 150 valence electrons. The fraction of sp³-hybridized carbons (Fsp3) is 0.261. The Labute approximate surface area is 170 Å². The fourth-order valence-electron chi connectivity index (χ4n) is 2.95. The number of carbonyl (C=O) groups excluding carboxylic acids is 2. The van der Waals surface area contributed by atoms with E-state index in [4.69, 9.17) is 5.73 Å². The third kappa shape index (κ3) is 5.31. The van der Waals surface area contributed by atoms with Crippen LogP contribution in [0.2, 0.25) is 0 Å². The summed E-state index contributed by atoms with van der Waals surface area (Å²) in [5.74, 6) is -0.603. The van der Waals surface area contributed by atoms with Crippen LogP contribution in [0.3, 0.4) is 0 Å². The first-order valence-corrected chi connectivity index (χ1v) is 9.57. The van der Waals surface area contributed by atoms with E-state index in [9.17, 15) is 9.59 Å². The van der Waals surface area contributed by atoms with E-state index in [0.29, 0.717) is 18.5 Å². The van der Waals surface area contributed by atoms with Crippen LogP contribution in [-0.2, 0) is 16.6 Å². The highest BCUT2D eigenvalue weighted by molar-refractivity contribution is 5.91. The van der Waals surface area contributed by atoms with Crippen LogP contribution in [0.15, 0.2) is 60.8 Å². The zero-order valence-corrected chi connectivity index (χ0v) is 17.0. The first kappa shape index (κ1) is 20.3. The molecule has 2 aromatic carbocycles. The molecule has 0 fully saturated rings. The molecular weight excluding hydrogens is 364 g/mol. The second-order valence-electron chi connectivity index (χ2n) is 8.05. The van der Waals surface area contributed by atoms with Crippen LogP contribution in [0.5, 0.6) is 0 Å². The molecule has 29 heavy (non-hydrogen) atoms. The summed E-state index contributed by atoms with van der Waals surface area (Å²) in [6, 6.07) is 17.2. The minimum absolute atomic E-state index is 0.0345. The molecule has 0 aliphatic carbocycles. The molecule has 3 N–H and O–H groups in total. The Hall–Kier alpha value is -3.41. The Kier molecular flexibility index (Phi) is 5.82. The lowest BCUT2D eigenvalue weighted by molar-refractivity contribution is -0.116. The summed E-state index contributed by atoms with van der Waals surface area (Å²) in [7, 11) is 0. The van der Waals surface area contributed by atoms with Crippen LogP contribution in [0.25, 0.3) is 5.69 Å². The lowest BCUT2D eigenvalue weighted by Gasteiger charge is -2.19. The van der Waals surface area contributed by atoms with E-state index in [0.717, 1.165) is 11.3 Å². The maximum absolute atomic E-state index is 12.3. The van der Waals surface area contributed by atoms with Gasteiger partial charge in [-0.1, -0.05) is 45.0 Å². The Morgan fingerprint density at radius 2 is 1.66 bits per heavy atom.